The van der Waals surface area contributed by atoms with Crippen molar-refractivity contribution in [1.82, 2.24) is 9.35 Å². The molecular weight excluding hydrogens is 524 g/mol. The number of rotatable bonds is 4. The van der Waals surface area contributed by atoms with Gasteiger partial charge in [0, 0.05) is 21.5 Å². The number of hydrogen-bond donors (Lipinski definition) is 2. The van der Waals surface area contributed by atoms with Crippen molar-refractivity contribution in [3.63, 3.8) is 0 Å². The van der Waals surface area contributed by atoms with Gasteiger partial charge in [-0.2, -0.15) is 0 Å². The van der Waals surface area contributed by atoms with Crippen LogP contribution in [0.2, 0.25) is 0 Å². The molecule has 2 aromatic heterocycles. The molecule has 0 aliphatic rings. The summed E-state index contributed by atoms with van der Waals surface area (Å²) in [5.41, 5.74) is 12.7. The molecule has 0 aliphatic heterocycles. The van der Waals surface area contributed by atoms with Gasteiger partial charge in [0.1, 0.15) is 0 Å². The van der Waals surface area contributed by atoms with Gasteiger partial charge in [-0.15, -0.1) is 0 Å². The largest absolute Gasteiger partial charge is 0.339 e. The molecule has 208 valence electrons. The van der Waals surface area contributed by atoms with Crippen LogP contribution in [-0.4, -0.2) is 9.35 Å². The number of benzene rings is 6. The fourth-order valence-corrected chi connectivity index (χ4v) is 6.90. The molecule has 0 bridgehead atoms. The van der Waals surface area contributed by atoms with Gasteiger partial charge in [-0.25, -0.2) is 0 Å². The Labute approximate surface area is 250 Å². The summed E-state index contributed by atoms with van der Waals surface area (Å²) in [5.74, 6) is 13.4. The van der Waals surface area contributed by atoms with Crippen molar-refractivity contribution < 1.29 is 0 Å². The van der Waals surface area contributed by atoms with Crippen LogP contribution in [0.1, 0.15) is 25.3 Å². The maximum atomic E-state index is 6.53. The summed E-state index contributed by atoms with van der Waals surface area (Å²) in [6, 6.07) is 45.5. The molecule has 0 atom stereocenters. The van der Waals surface area contributed by atoms with Crippen LogP contribution < -0.4 is 11.7 Å². The number of nitrogen functional groups attached to an aromatic ring is 2. The maximum absolute atomic E-state index is 6.53. The number of para-hydroxylation sites is 2. The molecule has 0 amide bonds. The summed E-state index contributed by atoms with van der Waals surface area (Å²) < 4.78 is 3.59. The van der Waals surface area contributed by atoms with E-state index in [0.29, 0.717) is 5.92 Å². The number of nitrogens with zero attached hydrogens (tertiary/aromatic N) is 2. The Morgan fingerprint density at radius 1 is 0.442 bits per heavy atom. The van der Waals surface area contributed by atoms with Crippen molar-refractivity contribution in [3.8, 4) is 33.4 Å². The smallest absolute Gasteiger partial charge is 0.0704 e. The SMILES string of the molecule is CC(C)c1cccc(-c2ccccc2-c2ccc3c(c2)c2ccccc2n3N)c1-c1ccc2c(c1)c1ccccc1n2N. The average molecular weight is 557 g/mol. The Hall–Kier alpha value is -5.48. The Balaban J connectivity index is 1.38. The predicted molar refractivity (Wildman–Crippen MR) is 183 cm³/mol. The Bertz CT molecular complexity index is 2350. The van der Waals surface area contributed by atoms with Gasteiger partial charge in [-0.05, 0) is 81.3 Å². The maximum Gasteiger partial charge on any atom is 0.0704 e. The monoisotopic (exact) mass is 556 g/mol. The summed E-state index contributed by atoms with van der Waals surface area (Å²) in [7, 11) is 0. The van der Waals surface area contributed by atoms with Crippen LogP contribution in [0.15, 0.2) is 127 Å². The van der Waals surface area contributed by atoms with E-state index in [1.807, 2.05) is 12.1 Å². The Morgan fingerprint density at radius 3 is 1.56 bits per heavy atom. The van der Waals surface area contributed by atoms with Crippen molar-refractivity contribution >= 4 is 43.6 Å². The second kappa shape index (κ2) is 9.53. The van der Waals surface area contributed by atoms with E-state index in [0.717, 1.165) is 43.6 Å². The first-order valence-electron chi connectivity index (χ1n) is 14.8. The second-order valence-corrected chi connectivity index (χ2v) is 11.7. The minimum absolute atomic E-state index is 0.348. The van der Waals surface area contributed by atoms with Crippen LogP contribution in [0.25, 0.3) is 77.0 Å². The molecule has 0 spiro atoms. The fraction of sp³-hybridized carbons (Fsp3) is 0.0769. The van der Waals surface area contributed by atoms with Gasteiger partial charge in [0.15, 0.2) is 0 Å². The van der Waals surface area contributed by atoms with Crippen LogP contribution in [0, 0.1) is 0 Å². The lowest BCUT2D eigenvalue weighted by Crippen LogP contribution is -2.06. The van der Waals surface area contributed by atoms with Crippen LogP contribution in [0.3, 0.4) is 0 Å². The minimum atomic E-state index is 0.348. The van der Waals surface area contributed by atoms with Crippen molar-refractivity contribution in [1.29, 1.82) is 0 Å². The number of nitrogens with two attached hydrogens (primary N) is 2. The highest BCUT2D eigenvalue weighted by Gasteiger charge is 2.19. The third-order valence-electron chi connectivity index (χ3n) is 8.96. The van der Waals surface area contributed by atoms with Gasteiger partial charge >= 0.3 is 0 Å². The van der Waals surface area contributed by atoms with Crippen molar-refractivity contribution in [2.45, 2.75) is 19.8 Å². The first-order valence-corrected chi connectivity index (χ1v) is 14.8. The summed E-state index contributed by atoms with van der Waals surface area (Å²) in [4.78, 5) is 0. The van der Waals surface area contributed by atoms with Crippen LogP contribution in [0.5, 0.6) is 0 Å². The fourth-order valence-electron chi connectivity index (χ4n) is 6.90. The second-order valence-electron chi connectivity index (χ2n) is 11.7. The van der Waals surface area contributed by atoms with E-state index < -0.39 is 0 Å². The summed E-state index contributed by atoms with van der Waals surface area (Å²) >= 11 is 0. The van der Waals surface area contributed by atoms with E-state index in [-0.39, 0.29) is 0 Å². The Kier molecular flexibility index (Phi) is 5.60. The van der Waals surface area contributed by atoms with E-state index in [1.54, 1.807) is 9.35 Å². The molecule has 6 aromatic carbocycles. The molecule has 4 heteroatoms. The average Bonchev–Trinajstić information content (AvgIpc) is 3.50. The normalized spacial score (nSPS) is 11.9. The highest BCUT2D eigenvalue weighted by Crippen LogP contribution is 2.44. The lowest BCUT2D eigenvalue weighted by atomic mass is 9.83. The molecule has 0 fully saturated rings. The summed E-state index contributed by atoms with van der Waals surface area (Å²) in [6.45, 7) is 4.55. The molecule has 0 aliphatic carbocycles. The molecule has 8 aromatic rings. The molecule has 0 radical (unpaired) electrons. The third kappa shape index (κ3) is 3.76. The zero-order valence-electron chi connectivity index (χ0n) is 24.3. The van der Waals surface area contributed by atoms with E-state index in [4.69, 9.17) is 11.7 Å². The van der Waals surface area contributed by atoms with Crippen LogP contribution in [0.4, 0.5) is 0 Å². The number of fused-ring (bicyclic) bond motifs is 6. The molecule has 0 saturated carbocycles. The molecule has 2 heterocycles. The summed E-state index contributed by atoms with van der Waals surface area (Å²) in [6.07, 6.45) is 0. The molecular formula is C39H32N4. The molecule has 4 nitrogen and oxygen atoms in total. The van der Waals surface area contributed by atoms with Crippen LogP contribution >= 0.6 is 0 Å². The van der Waals surface area contributed by atoms with Gasteiger partial charge in [0.2, 0.25) is 0 Å². The first-order chi connectivity index (χ1) is 21.0. The van der Waals surface area contributed by atoms with Gasteiger partial charge in [-0.1, -0.05) is 105 Å². The van der Waals surface area contributed by atoms with E-state index in [9.17, 15) is 0 Å². The number of aromatic nitrogens is 2. The third-order valence-corrected chi connectivity index (χ3v) is 8.96. The highest BCUT2D eigenvalue weighted by atomic mass is 15.3. The van der Waals surface area contributed by atoms with Crippen LogP contribution in [-0.2, 0) is 0 Å². The molecule has 0 unspecified atom stereocenters. The van der Waals surface area contributed by atoms with Gasteiger partial charge in [0.05, 0.1) is 22.1 Å². The van der Waals surface area contributed by atoms with Gasteiger partial charge in [-0.3, -0.25) is 9.35 Å². The number of hydrogen-bond acceptors (Lipinski definition) is 2. The zero-order valence-corrected chi connectivity index (χ0v) is 24.3. The topological polar surface area (TPSA) is 61.9 Å². The Morgan fingerprint density at radius 2 is 0.930 bits per heavy atom. The lowest BCUT2D eigenvalue weighted by Gasteiger charge is -2.20. The van der Waals surface area contributed by atoms with E-state index in [1.165, 1.54) is 38.9 Å². The van der Waals surface area contributed by atoms with Crippen molar-refractivity contribution in [3.05, 3.63) is 133 Å². The van der Waals surface area contributed by atoms with E-state index >= 15 is 0 Å². The zero-order chi connectivity index (χ0) is 29.2. The highest BCUT2D eigenvalue weighted by molar-refractivity contribution is 6.11. The minimum Gasteiger partial charge on any atom is -0.339 e. The van der Waals surface area contributed by atoms with E-state index in [2.05, 4.69) is 129 Å². The van der Waals surface area contributed by atoms with Gasteiger partial charge < -0.3 is 11.7 Å². The van der Waals surface area contributed by atoms with Gasteiger partial charge in [0.25, 0.3) is 0 Å². The van der Waals surface area contributed by atoms with Crippen molar-refractivity contribution in [2.75, 3.05) is 11.7 Å². The van der Waals surface area contributed by atoms with Crippen molar-refractivity contribution in [2.24, 2.45) is 0 Å². The molecule has 4 N–H and O–H groups in total. The molecule has 0 saturated heterocycles. The quantitative estimate of drug-likeness (QED) is 0.212. The molecule has 43 heavy (non-hydrogen) atoms. The standard InChI is InChI=1S/C39H32N4/c1-24(2)27-14-9-15-32(39(27)26-19-21-38-34(23-26)31-13-6-8-17-36(31)43(38)41)29-11-4-3-10-28(29)25-18-20-37-33(22-25)30-12-5-7-16-35(30)42(37)40/h3-24H,40-41H2,1-2H3. The molecule has 8 rings (SSSR count). The first kappa shape index (κ1) is 25.2. The predicted octanol–water partition coefficient (Wildman–Crippen LogP) is 9.45. The lowest BCUT2D eigenvalue weighted by molar-refractivity contribution is 0.869. The summed E-state index contributed by atoms with van der Waals surface area (Å²) in [5, 5.41) is 4.65.